The molecule has 1 heterocycles. The molecule has 0 aromatic heterocycles. The fraction of sp³-hybridized carbons (Fsp3) is 0.481. The summed E-state index contributed by atoms with van der Waals surface area (Å²) in [6.07, 6.45) is 6.77. The average molecular weight is 502 g/mol. The van der Waals surface area contributed by atoms with Crippen LogP contribution in [-0.2, 0) is 33.5 Å². The van der Waals surface area contributed by atoms with E-state index in [9.17, 15) is 19.2 Å². The number of hydrogen-bond donors (Lipinski definition) is 0. The third kappa shape index (κ3) is 8.96. The van der Waals surface area contributed by atoms with Crippen molar-refractivity contribution in [1.82, 2.24) is 5.06 Å². The first kappa shape index (κ1) is 28.8. The van der Waals surface area contributed by atoms with E-state index in [-0.39, 0.29) is 17.8 Å². The molecule has 0 saturated carbocycles. The molecular formula is C27H35NO8. The number of benzene rings is 1. The van der Waals surface area contributed by atoms with Crippen LogP contribution in [0.3, 0.4) is 0 Å². The predicted molar refractivity (Wildman–Crippen MR) is 132 cm³/mol. The number of piperidine rings is 1. The second kappa shape index (κ2) is 14.2. The maximum Gasteiger partial charge on any atom is 0.349 e. The number of rotatable bonds is 10. The zero-order valence-corrected chi connectivity index (χ0v) is 21.5. The highest BCUT2D eigenvalue weighted by atomic mass is 16.7. The zero-order chi connectivity index (χ0) is 26.7. The SMILES string of the molecule is COC(=O)/C=C/C(=O)Oc1c(C(C)C)cccc1C(C)CC1CCCN(OC(=O)/C=C/C(=O)OC)C1. The number of esters is 3. The fourth-order valence-electron chi connectivity index (χ4n) is 4.16. The summed E-state index contributed by atoms with van der Waals surface area (Å²) in [6, 6.07) is 5.82. The van der Waals surface area contributed by atoms with Crippen molar-refractivity contribution in [1.29, 1.82) is 0 Å². The van der Waals surface area contributed by atoms with E-state index in [1.807, 2.05) is 32.0 Å². The van der Waals surface area contributed by atoms with Gasteiger partial charge in [-0.1, -0.05) is 39.0 Å². The van der Waals surface area contributed by atoms with Crippen molar-refractivity contribution in [3.63, 3.8) is 0 Å². The van der Waals surface area contributed by atoms with Crippen LogP contribution in [0.5, 0.6) is 5.75 Å². The Morgan fingerprint density at radius 1 is 0.917 bits per heavy atom. The zero-order valence-electron chi connectivity index (χ0n) is 21.5. The van der Waals surface area contributed by atoms with Crippen molar-refractivity contribution in [3.05, 3.63) is 53.6 Å². The molecule has 36 heavy (non-hydrogen) atoms. The second-order valence-electron chi connectivity index (χ2n) is 9.00. The highest BCUT2D eigenvalue weighted by Crippen LogP contribution is 2.38. The Bertz CT molecular complexity index is 997. The molecule has 0 N–H and O–H groups in total. The van der Waals surface area contributed by atoms with E-state index in [2.05, 4.69) is 16.4 Å². The number of carbonyl (C=O) groups is 4. The highest BCUT2D eigenvalue weighted by Gasteiger charge is 2.26. The molecule has 2 rings (SSSR count). The Hall–Kier alpha value is -3.46. The van der Waals surface area contributed by atoms with E-state index in [0.717, 1.165) is 54.7 Å². The van der Waals surface area contributed by atoms with Gasteiger partial charge in [-0.15, -0.1) is 5.06 Å². The Morgan fingerprint density at radius 2 is 1.50 bits per heavy atom. The van der Waals surface area contributed by atoms with Crippen LogP contribution in [-0.4, -0.2) is 56.2 Å². The second-order valence-corrected chi connectivity index (χ2v) is 9.00. The normalized spacial score (nSPS) is 17.2. The number of ether oxygens (including phenoxy) is 3. The molecule has 1 fully saturated rings. The largest absolute Gasteiger partial charge is 0.466 e. The first-order valence-electron chi connectivity index (χ1n) is 12.0. The van der Waals surface area contributed by atoms with Gasteiger partial charge in [0.25, 0.3) is 0 Å². The molecule has 0 amide bonds. The summed E-state index contributed by atoms with van der Waals surface area (Å²) in [4.78, 5) is 52.3. The molecule has 2 unspecified atom stereocenters. The Morgan fingerprint density at radius 3 is 2.11 bits per heavy atom. The molecule has 0 radical (unpaired) electrons. The van der Waals surface area contributed by atoms with Crippen LogP contribution in [0.4, 0.5) is 0 Å². The van der Waals surface area contributed by atoms with Gasteiger partial charge in [0, 0.05) is 37.4 Å². The summed E-state index contributed by atoms with van der Waals surface area (Å²) >= 11 is 0. The lowest BCUT2D eigenvalue weighted by Gasteiger charge is -2.32. The topological polar surface area (TPSA) is 108 Å². The summed E-state index contributed by atoms with van der Waals surface area (Å²) < 4.78 is 14.7. The Labute approximate surface area is 212 Å². The molecule has 9 heteroatoms. The maximum atomic E-state index is 12.4. The summed E-state index contributed by atoms with van der Waals surface area (Å²) in [6.45, 7) is 7.29. The van der Waals surface area contributed by atoms with Crippen LogP contribution in [0, 0.1) is 5.92 Å². The molecular weight excluding hydrogens is 466 g/mol. The highest BCUT2D eigenvalue weighted by molar-refractivity contribution is 5.93. The van der Waals surface area contributed by atoms with E-state index in [1.54, 1.807) is 5.06 Å². The van der Waals surface area contributed by atoms with Crippen LogP contribution >= 0.6 is 0 Å². The van der Waals surface area contributed by atoms with E-state index in [1.165, 1.54) is 14.2 Å². The molecule has 196 valence electrons. The van der Waals surface area contributed by atoms with Crippen LogP contribution in [0.1, 0.15) is 63.0 Å². The van der Waals surface area contributed by atoms with Gasteiger partial charge in [-0.25, -0.2) is 19.2 Å². The number of carbonyl (C=O) groups excluding carboxylic acids is 4. The Kier molecular flexibility index (Phi) is 11.3. The molecule has 1 aliphatic heterocycles. The van der Waals surface area contributed by atoms with Crippen molar-refractivity contribution in [2.45, 2.75) is 51.9 Å². The van der Waals surface area contributed by atoms with Gasteiger partial charge in [0.15, 0.2) is 0 Å². The summed E-state index contributed by atoms with van der Waals surface area (Å²) in [5, 5.41) is 1.62. The predicted octanol–water partition coefficient (Wildman–Crippen LogP) is 3.84. The van der Waals surface area contributed by atoms with Crippen LogP contribution in [0.2, 0.25) is 0 Å². The quantitative estimate of drug-likeness (QED) is 0.268. The molecule has 1 aromatic rings. The van der Waals surface area contributed by atoms with Gasteiger partial charge < -0.3 is 19.0 Å². The lowest BCUT2D eigenvalue weighted by atomic mass is 9.84. The van der Waals surface area contributed by atoms with Crippen LogP contribution in [0.25, 0.3) is 0 Å². The number of hydrogen-bond acceptors (Lipinski definition) is 9. The van der Waals surface area contributed by atoms with E-state index < -0.39 is 23.9 Å². The van der Waals surface area contributed by atoms with E-state index >= 15 is 0 Å². The van der Waals surface area contributed by atoms with Gasteiger partial charge in [0.1, 0.15) is 5.75 Å². The molecule has 0 spiro atoms. The summed E-state index contributed by atoms with van der Waals surface area (Å²) in [7, 11) is 2.47. The minimum absolute atomic E-state index is 0.0518. The molecule has 1 aromatic carbocycles. The summed E-state index contributed by atoms with van der Waals surface area (Å²) in [5.74, 6) is -1.63. The van der Waals surface area contributed by atoms with Crippen molar-refractivity contribution < 1.29 is 38.2 Å². The minimum atomic E-state index is -0.655. The first-order valence-corrected chi connectivity index (χ1v) is 12.0. The Balaban J connectivity index is 2.12. The van der Waals surface area contributed by atoms with Gasteiger partial charge >= 0.3 is 23.9 Å². The molecule has 0 aliphatic carbocycles. The van der Waals surface area contributed by atoms with Crippen molar-refractivity contribution >= 4 is 23.9 Å². The van der Waals surface area contributed by atoms with Crippen LogP contribution < -0.4 is 4.74 Å². The van der Waals surface area contributed by atoms with Gasteiger partial charge in [0.2, 0.25) is 0 Å². The van der Waals surface area contributed by atoms with E-state index in [4.69, 9.17) is 9.57 Å². The monoisotopic (exact) mass is 501 g/mol. The fourth-order valence-corrected chi connectivity index (χ4v) is 4.16. The van der Waals surface area contributed by atoms with Gasteiger partial charge in [-0.3, -0.25) is 0 Å². The number of methoxy groups -OCH3 is 2. The van der Waals surface area contributed by atoms with Crippen LogP contribution in [0.15, 0.2) is 42.5 Å². The summed E-state index contributed by atoms with van der Waals surface area (Å²) in [5.41, 5.74) is 1.80. The average Bonchev–Trinajstić information content (AvgIpc) is 2.85. The molecule has 2 atom stereocenters. The molecule has 1 aliphatic rings. The van der Waals surface area contributed by atoms with Gasteiger partial charge in [0.05, 0.1) is 14.2 Å². The van der Waals surface area contributed by atoms with Gasteiger partial charge in [-0.05, 0) is 48.1 Å². The number of hydroxylamine groups is 2. The lowest BCUT2D eigenvalue weighted by Crippen LogP contribution is -2.37. The van der Waals surface area contributed by atoms with E-state index in [0.29, 0.717) is 18.8 Å². The number of nitrogens with zero attached hydrogens (tertiary/aromatic N) is 1. The number of para-hydroxylation sites is 1. The molecule has 0 bridgehead atoms. The maximum absolute atomic E-state index is 12.4. The lowest BCUT2D eigenvalue weighted by molar-refractivity contribution is -0.192. The van der Waals surface area contributed by atoms with Gasteiger partial charge in [-0.2, -0.15) is 0 Å². The smallest absolute Gasteiger partial charge is 0.349 e. The third-order valence-electron chi connectivity index (χ3n) is 5.93. The standard InChI is InChI=1S/C27H35NO8/c1-18(2)21-9-6-10-22(27(21)35-25(31)13-11-23(29)33-4)19(3)16-20-8-7-15-28(17-20)36-26(32)14-12-24(30)34-5/h6,9-14,18-20H,7-8,15-17H2,1-5H3/b13-11+,14-12+. The molecule has 1 saturated heterocycles. The minimum Gasteiger partial charge on any atom is -0.466 e. The van der Waals surface area contributed by atoms with Crippen molar-refractivity contribution in [3.8, 4) is 5.75 Å². The first-order chi connectivity index (χ1) is 17.1. The van der Waals surface area contributed by atoms with Crippen molar-refractivity contribution in [2.75, 3.05) is 27.3 Å². The molecule has 9 nitrogen and oxygen atoms in total. The van der Waals surface area contributed by atoms with Crippen molar-refractivity contribution in [2.24, 2.45) is 5.92 Å². The third-order valence-corrected chi connectivity index (χ3v) is 5.93.